The quantitative estimate of drug-likeness (QED) is 0.357. The highest BCUT2D eigenvalue weighted by Gasteiger charge is 2.51. The van der Waals surface area contributed by atoms with Gasteiger partial charge in [0, 0.05) is 18.8 Å². The van der Waals surface area contributed by atoms with Crippen molar-refractivity contribution >= 4 is 5.97 Å². The number of piperidine rings is 4. The molecule has 0 saturated carbocycles. The molecule has 4 aliphatic heterocycles. The first-order chi connectivity index (χ1) is 18.1. The zero-order chi connectivity index (χ0) is 25.3. The minimum absolute atomic E-state index is 0.0491. The minimum atomic E-state index is -0.753. The third-order valence-electron chi connectivity index (χ3n) is 9.08. The molecule has 2 atom stereocenters. The van der Waals surface area contributed by atoms with Crippen LogP contribution in [0.4, 0.5) is 0 Å². The second kappa shape index (κ2) is 10.0. The lowest BCUT2D eigenvalue weighted by atomic mass is 9.82. The van der Waals surface area contributed by atoms with E-state index in [0.29, 0.717) is 5.92 Å². The monoisotopic (exact) mass is 500 g/mol. The molecule has 2 aromatic carbocycles. The average Bonchev–Trinajstić information content (AvgIpc) is 3.42. The Kier molecular flexibility index (Phi) is 6.59. The summed E-state index contributed by atoms with van der Waals surface area (Å²) in [5.74, 6) is 0.359. The number of benzene rings is 2. The summed E-state index contributed by atoms with van der Waals surface area (Å²) in [7, 11) is 0. The molecule has 4 fully saturated rings. The van der Waals surface area contributed by atoms with Gasteiger partial charge >= 0.3 is 5.97 Å². The van der Waals surface area contributed by atoms with Crippen molar-refractivity contribution in [3.8, 4) is 5.69 Å². The van der Waals surface area contributed by atoms with Gasteiger partial charge in [0.15, 0.2) is 6.10 Å². The molecule has 0 N–H and O–H groups in total. The number of hydrogen-bond acceptors (Lipinski definition) is 5. The van der Waals surface area contributed by atoms with Gasteiger partial charge in [-0.1, -0.05) is 60.2 Å². The normalized spacial score (nSPS) is 27.5. The predicted molar refractivity (Wildman–Crippen MR) is 142 cm³/mol. The topological polar surface area (TPSA) is 60.3 Å². The van der Waals surface area contributed by atoms with Gasteiger partial charge in [-0.05, 0) is 50.6 Å². The van der Waals surface area contributed by atoms with Crippen molar-refractivity contribution in [3.63, 3.8) is 0 Å². The molecule has 0 radical (unpaired) electrons. The zero-order valence-electron chi connectivity index (χ0n) is 21.8. The number of fused-ring (bicyclic) bond motifs is 3. The van der Waals surface area contributed by atoms with Crippen molar-refractivity contribution in [2.24, 2.45) is 5.92 Å². The zero-order valence-corrected chi connectivity index (χ0v) is 21.8. The van der Waals surface area contributed by atoms with Gasteiger partial charge in [-0.3, -0.25) is 4.90 Å². The molecule has 194 valence electrons. The Morgan fingerprint density at radius 1 is 1.00 bits per heavy atom. The van der Waals surface area contributed by atoms with Crippen LogP contribution in [0.1, 0.15) is 50.3 Å². The summed E-state index contributed by atoms with van der Waals surface area (Å²) in [5.41, 5.74) is 2.29. The molecule has 0 amide bonds. The summed E-state index contributed by atoms with van der Waals surface area (Å²) in [6, 6.07) is 20.3. The maximum absolute atomic E-state index is 14.0. The molecule has 4 saturated heterocycles. The number of para-hydroxylation sites is 1. The van der Waals surface area contributed by atoms with Crippen LogP contribution in [-0.4, -0.2) is 69.2 Å². The van der Waals surface area contributed by atoms with Crippen molar-refractivity contribution in [1.82, 2.24) is 19.9 Å². The maximum atomic E-state index is 14.0. The lowest BCUT2D eigenvalue weighted by Gasteiger charge is -2.52. The average molecular weight is 501 g/mol. The molecule has 0 aliphatic carbocycles. The molecule has 3 aromatic rings. The minimum Gasteiger partial charge on any atom is -0.454 e. The van der Waals surface area contributed by atoms with E-state index >= 15 is 0 Å². The Bertz CT molecular complexity index is 1200. The van der Waals surface area contributed by atoms with Crippen LogP contribution in [0.3, 0.4) is 0 Å². The number of likely N-dealkylation sites (tertiary alicyclic amines) is 1. The first-order valence-electron chi connectivity index (χ1n) is 13.9. The second-order valence-corrected chi connectivity index (χ2v) is 11.4. The Hall–Kier alpha value is -3.03. The fourth-order valence-corrected chi connectivity index (χ4v) is 6.78. The fourth-order valence-electron chi connectivity index (χ4n) is 6.78. The van der Waals surface area contributed by atoms with Crippen molar-refractivity contribution in [3.05, 3.63) is 78.1 Å². The highest BCUT2D eigenvalue weighted by Crippen LogP contribution is 2.39. The molecule has 1 aromatic heterocycles. The van der Waals surface area contributed by atoms with E-state index in [4.69, 9.17) is 4.74 Å². The summed E-state index contributed by atoms with van der Waals surface area (Å²) in [4.78, 5) is 16.4. The summed E-state index contributed by atoms with van der Waals surface area (Å²) in [5, 5.41) is 8.89. The van der Waals surface area contributed by atoms with Gasteiger partial charge in [-0.15, -0.1) is 5.10 Å². The van der Waals surface area contributed by atoms with Gasteiger partial charge in [0.2, 0.25) is 0 Å². The fraction of sp³-hybridized carbons (Fsp3) is 0.500. The van der Waals surface area contributed by atoms with E-state index in [1.54, 1.807) is 0 Å². The van der Waals surface area contributed by atoms with Crippen LogP contribution in [0.5, 0.6) is 0 Å². The summed E-state index contributed by atoms with van der Waals surface area (Å²) in [6.07, 6.45) is 7.68. The summed E-state index contributed by atoms with van der Waals surface area (Å²) >= 11 is 0. The van der Waals surface area contributed by atoms with Crippen molar-refractivity contribution in [1.29, 1.82) is 0 Å². The van der Waals surface area contributed by atoms with E-state index in [1.165, 1.54) is 6.42 Å². The number of hydrogen-bond donors (Lipinski definition) is 0. The van der Waals surface area contributed by atoms with E-state index < -0.39 is 5.54 Å². The molecule has 7 nitrogen and oxygen atoms in total. The number of esters is 1. The number of carbonyl (C=O) groups is 1. The van der Waals surface area contributed by atoms with Crippen LogP contribution in [-0.2, 0) is 21.6 Å². The van der Waals surface area contributed by atoms with Crippen LogP contribution >= 0.6 is 0 Å². The third kappa shape index (κ3) is 4.71. The van der Waals surface area contributed by atoms with Gasteiger partial charge in [-0.2, -0.15) is 0 Å². The van der Waals surface area contributed by atoms with Crippen LogP contribution in [0.2, 0.25) is 0 Å². The van der Waals surface area contributed by atoms with E-state index in [0.717, 1.165) is 86.4 Å². The number of ether oxygens (including phenoxy) is 1. The molecule has 7 heteroatoms. The van der Waals surface area contributed by atoms with Crippen molar-refractivity contribution < 1.29 is 14.0 Å². The highest BCUT2D eigenvalue weighted by molar-refractivity contribution is 5.82. The molecular formula is C30H38N5O2+. The maximum Gasteiger partial charge on any atom is 0.331 e. The van der Waals surface area contributed by atoms with Crippen LogP contribution in [0.15, 0.2) is 66.9 Å². The highest BCUT2D eigenvalue weighted by atomic mass is 16.5. The summed E-state index contributed by atoms with van der Waals surface area (Å²) in [6.45, 7) is 7.86. The van der Waals surface area contributed by atoms with Crippen LogP contribution < -0.4 is 0 Å². The smallest absolute Gasteiger partial charge is 0.331 e. The van der Waals surface area contributed by atoms with E-state index in [2.05, 4.69) is 34.3 Å². The van der Waals surface area contributed by atoms with Crippen molar-refractivity contribution in [2.75, 3.05) is 32.7 Å². The Morgan fingerprint density at radius 3 is 2.38 bits per heavy atom. The largest absolute Gasteiger partial charge is 0.454 e. The Labute approximate surface area is 219 Å². The van der Waals surface area contributed by atoms with E-state index in [9.17, 15) is 4.79 Å². The predicted octanol–water partition coefficient (Wildman–Crippen LogP) is 4.32. The third-order valence-corrected chi connectivity index (χ3v) is 9.08. The molecular weight excluding hydrogens is 462 g/mol. The number of aromatic nitrogens is 3. The van der Waals surface area contributed by atoms with Gasteiger partial charge in [0.05, 0.1) is 25.0 Å². The molecule has 0 unspecified atom stereocenters. The van der Waals surface area contributed by atoms with E-state index in [1.807, 2.05) is 59.4 Å². The number of quaternary nitrogens is 1. The first kappa shape index (κ1) is 24.3. The van der Waals surface area contributed by atoms with Crippen LogP contribution in [0.25, 0.3) is 5.69 Å². The Morgan fingerprint density at radius 2 is 1.68 bits per heavy atom. The van der Waals surface area contributed by atoms with E-state index in [-0.39, 0.29) is 12.1 Å². The van der Waals surface area contributed by atoms with Gasteiger partial charge < -0.3 is 9.22 Å². The van der Waals surface area contributed by atoms with Crippen LogP contribution in [0, 0.1) is 5.92 Å². The molecule has 4 aliphatic rings. The number of carbonyl (C=O) groups excluding carboxylic acids is 1. The van der Waals surface area contributed by atoms with Gasteiger partial charge in [-0.25, -0.2) is 9.48 Å². The first-order valence-corrected chi connectivity index (χ1v) is 13.9. The number of nitrogens with zero attached hydrogens (tertiary/aromatic N) is 5. The standard InChI is InChI=1S/C30H38N5O2/c1-30(25-11-5-2-6-12-25,33-17-9-4-10-18-33)29(36)37-28-23-35(19-15-24(28)16-20-35)22-26-21-34(32-31-26)27-13-7-3-8-14-27/h2-3,5-8,11-14,21,24,28H,4,9-10,15-20,22-23H2,1H3/q+1/t24?,28-,30+,35?/m0/s1. The van der Waals surface area contributed by atoms with Gasteiger partial charge in [0.1, 0.15) is 24.3 Å². The molecule has 5 heterocycles. The lowest BCUT2D eigenvalue weighted by molar-refractivity contribution is -0.958. The second-order valence-electron chi connectivity index (χ2n) is 11.4. The lowest BCUT2D eigenvalue weighted by Crippen LogP contribution is -2.64. The SMILES string of the molecule is C[C@](C(=O)O[C@H]1C[N+]2(Cc3cn(-c4ccccc4)nn3)CCC1CC2)(c1ccccc1)N1CCCCC1. The van der Waals surface area contributed by atoms with Gasteiger partial charge in [0.25, 0.3) is 0 Å². The Balaban J connectivity index is 1.20. The molecule has 37 heavy (non-hydrogen) atoms. The van der Waals surface area contributed by atoms with Crippen molar-refractivity contribution in [2.45, 2.75) is 57.2 Å². The number of rotatable bonds is 7. The summed E-state index contributed by atoms with van der Waals surface area (Å²) < 4.78 is 9.28. The molecule has 7 rings (SSSR count). The molecule has 0 spiro atoms. The molecule has 2 bridgehead atoms.